The molecule has 9 nitrogen and oxygen atoms in total. The third-order valence-electron chi connectivity index (χ3n) is 4.13. The van der Waals surface area contributed by atoms with E-state index in [-0.39, 0.29) is 31.2 Å². The third-order valence-corrected chi connectivity index (χ3v) is 5.55. The first-order valence-electron chi connectivity index (χ1n) is 9.67. The lowest BCUT2D eigenvalue weighted by Crippen LogP contribution is -2.36. The van der Waals surface area contributed by atoms with Crippen LogP contribution in [0.5, 0.6) is 0 Å². The van der Waals surface area contributed by atoms with Crippen LogP contribution in [0.1, 0.15) is 44.8 Å². The molecule has 30 heavy (non-hydrogen) atoms. The number of carbonyl (C=O) groups excluding carboxylic acids is 1. The van der Waals surface area contributed by atoms with Crippen molar-refractivity contribution in [1.29, 1.82) is 0 Å². The molecule has 4 unspecified atom stereocenters. The van der Waals surface area contributed by atoms with Crippen LogP contribution >= 0.6 is 20.2 Å². The zero-order valence-corrected chi connectivity index (χ0v) is 19.0. The SMILES string of the molecule is CCC(=O)OC(CC(COP1OCCC(c2cccc(Cl)c2)O1)OC)N/N=C(/C)N. The van der Waals surface area contributed by atoms with E-state index >= 15 is 0 Å². The quantitative estimate of drug-likeness (QED) is 0.128. The van der Waals surface area contributed by atoms with E-state index in [2.05, 4.69) is 10.5 Å². The maximum absolute atomic E-state index is 11.7. The van der Waals surface area contributed by atoms with Gasteiger partial charge in [0.2, 0.25) is 0 Å². The first-order chi connectivity index (χ1) is 14.4. The Kier molecular flexibility index (Phi) is 10.8. The van der Waals surface area contributed by atoms with Gasteiger partial charge in [0, 0.05) is 31.4 Å². The molecule has 1 aliphatic heterocycles. The fraction of sp³-hybridized carbons (Fsp3) is 0.579. The number of halogens is 1. The molecule has 2 rings (SSSR count). The van der Waals surface area contributed by atoms with Gasteiger partial charge in [0.05, 0.1) is 25.4 Å². The largest absolute Gasteiger partial charge is 0.440 e. The number of methoxy groups -OCH3 is 1. The molecule has 1 aromatic rings. The molecule has 11 heteroatoms. The molecule has 3 N–H and O–H groups in total. The Labute approximate surface area is 183 Å². The Morgan fingerprint density at radius 1 is 1.50 bits per heavy atom. The standard InChI is InChI=1S/C19H29ClN3O6P/c1-4-19(24)28-18(23-22-13(2)21)11-16(25-3)12-27-30-26-9-8-17(29-30)14-6-5-7-15(20)10-14/h5-7,10,16-18,23H,4,8-9,11-12H2,1-3H3,(H2,21,22). The lowest BCUT2D eigenvalue weighted by Gasteiger charge is -2.30. The lowest BCUT2D eigenvalue weighted by molar-refractivity contribution is -0.152. The Balaban J connectivity index is 1.89. The maximum atomic E-state index is 11.7. The molecule has 0 amide bonds. The van der Waals surface area contributed by atoms with Crippen molar-refractivity contribution >= 4 is 32.0 Å². The third kappa shape index (κ3) is 8.71. The summed E-state index contributed by atoms with van der Waals surface area (Å²) in [5, 5.41) is 4.57. The van der Waals surface area contributed by atoms with Crippen LogP contribution in [0.25, 0.3) is 0 Å². The molecule has 0 bridgehead atoms. The van der Waals surface area contributed by atoms with Gasteiger partial charge in [-0.3, -0.25) is 10.2 Å². The van der Waals surface area contributed by atoms with Crippen LogP contribution in [0.15, 0.2) is 29.4 Å². The minimum atomic E-state index is -1.54. The molecule has 1 aliphatic rings. The van der Waals surface area contributed by atoms with Crippen molar-refractivity contribution in [2.75, 3.05) is 20.3 Å². The zero-order chi connectivity index (χ0) is 21.9. The number of carbonyl (C=O) groups is 1. The van der Waals surface area contributed by atoms with E-state index in [1.807, 2.05) is 24.3 Å². The first kappa shape index (κ1) is 24.8. The second-order valence-electron chi connectivity index (χ2n) is 6.60. The summed E-state index contributed by atoms with van der Waals surface area (Å²) in [7, 11) is 0.00610. The van der Waals surface area contributed by atoms with E-state index in [0.717, 1.165) is 5.56 Å². The van der Waals surface area contributed by atoms with Gasteiger partial charge in [-0.1, -0.05) is 30.7 Å². The number of benzene rings is 1. The van der Waals surface area contributed by atoms with Gasteiger partial charge in [0.15, 0.2) is 6.23 Å². The van der Waals surface area contributed by atoms with E-state index in [0.29, 0.717) is 30.3 Å². The van der Waals surface area contributed by atoms with Crippen molar-refractivity contribution < 1.29 is 27.8 Å². The summed E-state index contributed by atoms with van der Waals surface area (Å²) >= 11 is 6.07. The number of amidine groups is 1. The van der Waals surface area contributed by atoms with Crippen LogP contribution in [0.4, 0.5) is 0 Å². The maximum Gasteiger partial charge on any atom is 0.333 e. The van der Waals surface area contributed by atoms with Crippen molar-refractivity contribution in [3.05, 3.63) is 34.9 Å². The summed E-state index contributed by atoms with van der Waals surface area (Å²) < 4.78 is 28.2. The predicted octanol–water partition coefficient (Wildman–Crippen LogP) is 3.63. The van der Waals surface area contributed by atoms with Crippen LogP contribution in [-0.2, 0) is 27.8 Å². The summed E-state index contributed by atoms with van der Waals surface area (Å²) in [4.78, 5) is 11.7. The topological polar surface area (TPSA) is 114 Å². The highest BCUT2D eigenvalue weighted by Crippen LogP contribution is 2.49. The Morgan fingerprint density at radius 2 is 2.30 bits per heavy atom. The summed E-state index contributed by atoms with van der Waals surface area (Å²) in [6, 6.07) is 7.54. The first-order valence-corrected chi connectivity index (χ1v) is 11.1. The number of esters is 1. The van der Waals surface area contributed by atoms with Gasteiger partial charge < -0.3 is 28.8 Å². The molecule has 0 aliphatic carbocycles. The number of rotatable bonds is 11. The molecule has 1 fully saturated rings. The van der Waals surface area contributed by atoms with Crippen LogP contribution in [0.3, 0.4) is 0 Å². The second kappa shape index (κ2) is 13.0. The van der Waals surface area contributed by atoms with E-state index in [1.54, 1.807) is 21.0 Å². The molecule has 1 heterocycles. The molecule has 168 valence electrons. The zero-order valence-electron chi connectivity index (χ0n) is 17.4. The highest BCUT2D eigenvalue weighted by Gasteiger charge is 2.28. The molecular formula is C19H29ClN3O6P. The van der Waals surface area contributed by atoms with Crippen LogP contribution in [-0.4, -0.2) is 44.5 Å². The monoisotopic (exact) mass is 461 g/mol. The molecule has 1 aromatic carbocycles. The fourth-order valence-corrected chi connectivity index (χ4v) is 3.95. The number of nitrogens with zero attached hydrogens (tertiary/aromatic N) is 1. The predicted molar refractivity (Wildman–Crippen MR) is 115 cm³/mol. The highest BCUT2D eigenvalue weighted by molar-refractivity contribution is 7.41. The number of hydrazone groups is 1. The normalized spacial score (nSPS) is 21.7. The molecule has 1 saturated heterocycles. The van der Waals surface area contributed by atoms with Crippen LogP contribution in [0.2, 0.25) is 5.02 Å². The molecule has 4 atom stereocenters. The lowest BCUT2D eigenvalue weighted by atomic mass is 10.1. The summed E-state index contributed by atoms with van der Waals surface area (Å²) in [6.45, 7) is 4.05. The van der Waals surface area contributed by atoms with E-state index in [9.17, 15) is 4.79 Å². The van der Waals surface area contributed by atoms with Crippen molar-refractivity contribution in [2.45, 2.75) is 51.5 Å². The van der Waals surface area contributed by atoms with E-state index in [1.165, 1.54) is 0 Å². The summed E-state index contributed by atoms with van der Waals surface area (Å²) in [6.07, 6.45) is 0.0267. The van der Waals surface area contributed by atoms with Crippen LogP contribution < -0.4 is 11.2 Å². The number of hydrogen-bond acceptors (Lipinski definition) is 8. The van der Waals surface area contributed by atoms with Gasteiger partial charge in [-0.25, -0.2) is 0 Å². The number of nitrogens with one attached hydrogen (secondary N) is 1. The second-order valence-corrected chi connectivity index (χ2v) is 8.21. The number of ether oxygens (including phenoxy) is 2. The van der Waals surface area contributed by atoms with Gasteiger partial charge in [0.25, 0.3) is 0 Å². The fourth-order valence-electron chi connectivity index (χ4n) is 2.58. The van der Waals surface area contributed by atoms with Gasteiger partial charge >= 0.3 is 14.6 Å². The average Bonchev–Trinajstić information content (AvgIpc) is 2.74. The van der Waals surface area contributed by atoms with Gasteiger partial charge in [-0.2, -0.15) is 5.10 Å². The van der Waals surface area contributed by atoms with Gasteiger partial charge in [-0.15, -0.1) is 0 Å². The average molecular weight is 462 g/mol. The minimum absolute atomic E-state index is 0.147. The molecule has 0 radical (unpaired) electrons. The number of hydrogen-bond donors (Lipinski definition) is 2. The molecular weight excluding hydrogens is 433 g/mol. The van der Waals surface area contributed by atoms with Crippen molar-refractivity contribution in [2.24, 2.45) is 10.8 Å². The van der Waals surface area contributed by atoms with Crippen molar-refractivity contribution in [3.63, 3.8) is 0 Å². The minimum Gasteiger partial charge on any atom is -0.440 e. The molecule has 0 spiro atoms. The summed E-state index contributed by atoms with van der Waals surface area (Å²) in [5.41, 5.74) is 9.26. The van der Waals surface area contributed by atoms with Gasteiger partial charge in [-0.05, 0) is 24.6 Å². The molecule has 0 saturated carbocycles. The van der Waals surface area contributed by atoms with E-state index in [4.69, 9.17) is 40.4 Å². The Hall–Kier alpha value is -1.48. The summed E-state index contributed by atoms with van der Waals surface area (Å²) in [5.74, 6) is -0.0434. The molecule has 0 aromatic heterocycles. The Morgan fingerprint density at radius 3 is 2.97 bits per heavy atom. The highest BCUT2D eigenvalue weighted by atomic mass is 35.5. The van der Waals surface area contributed by atoms with Crippen molar-refractivity contribution in [1.82, 2.24) is 5.43 Å². The number of nitrogens with two attached hydrogens (primary N) is 1. The van der Waals surface area contributed by atoms with Crippen molar-refractivity contribution in [3.8, 4) is 0 Å². The van der Waals surface area contributed by atoms with E-state index < -0.39 is 14.8 Å². The Bertz CT molecular complexity index is 707. The van der Waals surface area contributed by atoms with Gasteiger partial charge in [0.1, 0.15) is 5.84 Å². The smallest absolute Gasteiger partial charge is 0.333 e. The van der Waals surface area contributed by atoms with Crippen LogP contribution in [0, 0.1) is 0 Å².